The second-order valence-electron chi connectivity index (χ2n) is 5.84. The fraction of sp³-hybridized carbons (Fsp3) is 0.562. The van der Waals surface area contributed by atoms with Crippen molar-refractivity contribution < 1.29 is 9.53 Å². The van der Waals surface area contributed by atoms with Gasteiger partial charge in [0.05, 0.1) is 16.6 Å². The number of carbonyl (C=O) groups excluding carboxylic acids is 1. The SMILES string of the molecule is O=C=NC1(c2ccc(OCC3CCC3)c(Br)c2)CCC1. The van der Waals surface area contributed by atoms with Gasteiger partial charge in [-0.3, -0.25) is 0 Å². The summed E-state index contributed by atoms with van der Waals surface area (Å²) in [6, 6.07) is 6.05. The minimum atomic E-state index is -0.337. The lowest BCUT2D eigenvalue weighted by Crippen LogP contribution is -2.31. The molecule has 0 atom stereocenters. The molecule has 0 radical (unpaired) electrons. The number of hydrogen-bond acceptors (Lipinski definition) is 3. The van der Waals surface area contributed by atoms with Gasteiger partial charge in [-0.25, -0.2) is 4.79 Å². The summed E-state index contributed by atoms with van der Waals surface area (Å²) in [6.07, 6.45) is 8.60. The van der Waals surface area contributed by atoms with Gasteiger partial charge in [0.25, 0.3) is 0 Å². The van der Waals surface area contributed by atoms with Crippen LogP contribution >= 0.6 is 15.9 Å². The maximum Gasteiger partial charge on any atom is 0.235 e. The third-order valence-corrected chi connectivity index (χ3v) is 5.23. The van der Waals surface area contributed by atoms with Crippen LogP contribution in [0.1, 0.15) is 44.1 Å². The first kappa shape index (κ1) is 13.8. The molecule has 0 amide bonds. The van der Waals surface area contributed by atoms with Crippen LogP contribution < -0.4 is 4.74 Å². The molecule has 2 saturated carbocycles. The molecule has 0 spiro atoms. The van der Waals surface area contributed by atoms with Crippen molar-refractivity contribution in [3.63, 3.8) is 0 Å². The van der Waals surface area contributed by atoms with Crippen molar-refractivity contribution in [1.82, 2.24) is 0 Å². The minimum absolute atomic E-state index is 0.337. The minimum Gasteiger partial charge on any atom is -0.492 e. The lowest BCUT2D eigenvalue weighted by molar-refractivity contribution is 0.179. The lowest BCUT2D eigenvalue weighted by atomic mass is 9.72. The number of rotatable bonds is 5. The summed E-state index contributed by atoms with van der Waals surface area (Å²) in [5.41, 5.74) is 0.742. The Hall–Kier alpha value is -1.12. The van der Waals surface area contributed by atoms with Crippen molar-refractivity contribution >= 4 is 22.0 Å². The molecule has 3 rings (SSSR count). The van der Waals surface area contributed by atoms with Crippen molar-refractivity contribution in [3.05, 3.63) is 28.2 Å². The smallest absolute Gasteiger partial charge is 0.235 e. The summed E-state index contributed by atoms with van der Waals surface area (Å²) in [5.74, 6) is 1.60. The monoisotopic (exact) mass is 335 g/mol. The molecule has 0 aromatic heterocycles. The molecule has 20 heavy (non-hydrogen) atoms. The van der Waals surface area contributed by atoms with Crippen molar-refractivity contribution in [2.24, 2.45) is 10.9 Å². The summed E-state index contributed by atoms with van der Waals surface area (Å²) >= 11 is 3.57. The molecular formula is C16H18BrNO2. The van der Waals surface area contributed by atoms with Gasteiger partial charge < -0.3 is 4.74 Å². The molecule has 2 aliphatic carbocycles. The molecule has 1 aromatic carbocycles. The second kappa shape index (κ2) is 5.71. The summed E-state index contributed by atoms with van der Waals surface area (Å²) in [7, 11) is 0. The maximum atomic E-state index is 10.6. The molecule has 0 N–H and O–H groups in total. The van der Waals surface area contributed by atoms with Gasteiger partial charge in [-0.1, -0.05) is 12.5 Å². The first-order valence-corrected chi connectivity index (χ1v) is 8.05. The summed E-state index contributed by atoms with van der Waals surface area (Å²) in [4.78, 5) is 14.7. The zero-order valence-corrected chi connectivity index (χ0v) is 13.0. The number of halogens is 1. The molecule has 106 valence electrons. The number of ether oxygens (including phenoxy) is 1. The number of benzene rings is 1. The molecule has 2 fully saturated rings. The van der Waals surface area contributed by atoms with Gasteiger partial charge in [0.15, 0.2) is 0 Å². The fourth-order valence-corrected chi connectivity index (χ4v) is 3.33. The Labute approximate surface area is 127 Å². The Morgan fingerprint density at radius 2 is 2.15 bits per heavy atom. The van der Waals surface area contributed by atoms with Crippen LogP contribution in [0.25, 0.3) is 0 Å². The van der Waals surface area contributed by atoms with Crippen LogP contribution in [-0.2, 0) is 10.3 Å². The van der Waals surface area contributed by atoms with E-state index in [1.54, 1.807) is 6.08 Å². The lowest BCUT2D eigenvalue weighted by Gasteiger charge is -2.37. The van der Waals surface area contributed by atoms with Crippen LogP contribution in [0.5, 0.6) is 5.75 Å². The molecule has 4 heteroatoms. The average molecular weight is 336 g/mol. The molecule has 0 bridgehead atoms. The van der Waals surface area contributed by atoms with Crippen LogP contribution in [0.4, 0.5) is 0 Å². The second-order valence-corrected chi connectivity index (χ2v) is 6.70. The van der Waals surface area contributed by atoms with E-state index in [0.717, 1.165) is 47.6 Å². The highest BCUT2D eigenvalue weighted by atomic mass is 79.9. The molecule has 0 aliphatic heterocycles. The van der Waals surface area contributed by atoms with Crippen molar-refractivity contribution in [2.75, 3.05) is 6.61 Å². The topological polar surface area (TPSA) is 38.7 Å². The molecule has 0 unspecified atom stereocenters. The summed E-state index contributed by atoms with van der Waals surface area (Å²) < 4.78 is 6.81. The highest BCUT2D eigenvalue weighted by Gasteiger charge is 2.39. The normalized spacial score (nSPS) is 20.4. The highest BCUT2D eigenvalue weighted by molar-refractivity contribution is 9.10. The first-order chi connectivity index (χ1) is 9.73. The van der Waals surface area contributed by atoms with Gasteiger partial charge in [0.1, 0.15) is 5.75 Å². The summed E-state index contributed by atoms with van der Waals surface area (Å²) in [6.45, 7) is 0.801. The van der Waals surface area contributed by atoms with Crippen LogP contribution in [0.3, 0.4) is 0 Å². The standard InChI is InChI=1S/C16H18BrNO2/c17-14-9-13(16(18-11-19)7-2-8-16)5-6-15(14)20-10-12-3-1-4-12/h5-6,9,12H,1-4,7-8,10H2. The predicted molar refractivity (Wildman–Crippen MR) is 80.6 cm³/mol. The zero-order chi connectivity index (χ0) is 14.0. The van der Waals surface area contributed by atoms with Gasteiger partial charge in [-0.2, -0.15) is 4.99 Å². The molecule has 3 nitrogen and oxygen atoms in total. The number of hydrogen-bond donors (Lipinski definition) is 0. The summed E-state index contributed by atoms with van der Waals surface area (Å²) in [5, 5.41) is 0. The zero-order valence-electron chi connectivity index (χ0n) is 11.4. The van der Waals surface area contributed by atoms with E-state index < -0.39 is 0 Å². The third kappa shape index (κ3) is 2.55. The highest BCUT2D eigenvalue weighted by Crippen LogP contribution is 2.46. The molecule has 0 heterocycles. The number of aliphatic imine (C=N–C) groups is 1. The van der Waals surface area contributed by atoms with Gasteiger partial charge in [-0.15, -0.1) is 0 Å². The Balaban J connectivity index is 1.74. The first-order valence-electron chi connectivity index (χ1n) is 7.25. The molecular weight excluding hydrogens is 318 g/mol. The van der Waals surface area contributed by atoms with Crippen molar-refractivity contribution in [2.45, 2.75) is 44.1 Å². The van der Waals surface area contributed by atoms with E-state index in [1.165, 1.54) is 19.3 Å². The van der Waals surface area contributed by atoms with E-state index in [1.807, 2.05) is 18.2 Å². The quantitative estimate of drug-likeness (QED) is 0.592. The van der Waals surface area contributed by atoms with Crippen molar-refractivity contribution in [1.29, 1.82) is 0 Å². The van der Waals surface area contributed by atoms with Gasteiger partial charge in [0.2, 0.25) is 6.08 Å². The van der Waals surface area contributed by atoms with Crippen LogP contribution in [0.15, 0.2) is 27.7 Å². The van der Waals surface area contributed by atoms with E-state index in [2.05, 4.69) is 20.9 Å². The van der Waals surface area contributed by atoms with E-state index >= 15 is 0 Å². The number of isocyanates is 1. The fourth-order valence-electron chi connectivity index (χ4n) is 2.84. The van der Waals surface area contributed by atoms with E-state index in [4.69, 9.17) is 4.74 Å². The van der Waals surface area contributed by atoms with Crippen LogP contribution in [0, 0.1) is 5.92 Å². The Bertz CT molecular complexity index is 543. The van der Waals surface area contributed by atoms with Crippen molar-refractivity contribution in [3.8, 4) is 5.75 Å². The Morgan fingerprint density at radius 1 is 1.35 bits per heavy atom. The molecule has 2 aliphatic rings. The predicted octanol–water partition coefficient (Wildman–Crippen LogP) is 4.34. The van der Waals surface area contributed by atoms with E-state index in [-0.39, 0.29) is 5.54 Å². The largest absolute Gasteiger partial charge is 0.492 e. The Kier molecular flexibility index (Phi) is 3.95. The van der Waals surface area contributed by atoms with Gasteiger partial charge in [-0.05, 0) is 71.6 Å². The number of nitrogens with zero attached hydrogens (tertiary/aromatic N) is 1. The molecule has 1 aromatic rings. The van der Waals surface area contributed by atoms with E-state index in [9.17, 15) is 4.79 Å². The third-order valence-electron chi connectivity index (χ3n) is 4.61. The van der Waals surface area contributed by atoms with Gasteiger partial charge in [0, 0.05) is 0 Å². The Morgan fingerprint density at radius 3 is 2.65 bits per heavy atom. The van der Waals surface area contributed by atoms with E-state index in [0.29, 0.717) is 0 Å². The van der Waals surface area contributed by atoms with Crippen LogP contribution in [0.2, 0.25) is 0 Å². The van der Waals surface area contributed by atoms with Gasteiger partial charge >= 0.3 is 0 Å². The average Bonchev–Trinajstić information content (AvgIpc) is 2.34. The molecule has 0 saturated heterocycles. The van der Waals surface area contributed by atoms with Crippen LogP contribution in [-0.4, -0.2) is 12.7 Å². The maximum absolute atomic E-state index is 10.6.